The fraction of sp³-hybridized carbons (Fsp3) is 0.429. The van der Waals surface area contributed by atoms with E-state index in [1.54, 1.807) is 0 Å². The monoisotopic (exact) mass is 252 g/mol. The SMILES string of the molecule is CCC(F)(F)C1=NCC=N1.Cc1ccc(C)cc1. The first-order chi connectivity index (χ1) is 8.45. The highest BCUT2D eigenvalue weighted by molar-refractivity contribution is 5.98. The minimum Gasteiger partial charge on any atom is -0.259 e. The van der Waals surface area contributed by atoms with Crippen molar-refractivity contribution in [3.05, 3.63) is 35.4 Å². The molecule has 18 heavy (non-hydrogen) atoms. The van der Waals surface area contributed by atoms with Crippen molar-refractivity contribution in [3.63, 3.8) is 0 Å². The van der Waals surface area contributed by atoms with Crippen molar-refractivity contribution in [1.82, 2.24) is 0 Å². The molecule has 98 valence electrons. The highest BCUT2D eigenvalue weighted by atomic mass is 19.3. The van der Waals surface area contributed by atoms with Crippen LogP contribution in [0.1, 0.15) is 24.5 Å². The Morgan fingerprint density at radius 2 is 1.61 bits per heavy atom. The van der Waals surface area contributed by atoms with Gasteiger partial charge in [0.1, 0.15) is 0 Å². The first kappa shape index (κ1) is 14.5. The van der Waals surface area contributed by atoms with E-state index >= 15 is 0 Å². The van der Waals surface area contributed by atoms with E-state index in [4.69, 9.17) is 0 Å². The van der Waals surface area contributed by atoms with Crippen LogP contribution >= 0.6 is 0 Å². The number of nitrogens with zero attached hydrogens (tertiary/aromatic N) is 2. The van der Waals surface area contributed by atoms with Crippen LogP contribution in [0.4, 0.5) is 8.78 Å². The van der Waals surface area contributed by atoms with Crippen LogP contribution in [0.5, 0.6) is 0 Å². The summed E-state index contributed by atoms with van der Waals surface area (Å²) in [5, 5.41) is 0. The van der Waals surface area contributed by atoms with Crippen molar-refractivity contribution < 1.29 is 8.78 Å². The van der Waals surface area contributed by atoms with Crippen molar-refractivity contribution in [3.8, 4) is 0 Å². The molecule has 1 aliphatic rings. The van der Waals surface area contributed by atoms with Crippen LogP contribution in [0.3, 0.4) is 0 Å². The molecule has 1 aromatic rings. The van der Waals surface area contributed by atoms with Gasteiger partial charge < -0.3 is 0 Å². The third-order valence-electron chi connectivity index (χ3n) is 2.53. The number of amidine groups is 1. The zero-order valence-corrected chi connectivity index (χ0v) is 11.0. The van der Waals surface area contributed by atoms with Gasteiger partial charge in [-0.1, -0.05) is 42.3 Å². The molecule has 2 nitrogen and oxygen atoms in total. The molecule has 0 amide bonds. The summed E-state index contributed by atoms with van der Waals surface area (Å²) < 4.78 is 25.2. The molecule has 0 aromatic heterocycles. The van der Waals surface area contributed by atoms with E-state index in [0.29, 0.717) is 6.54 Å². The normalized spacial score (nSPS) is 13.9. The number of alkyl halides is 2. The molecule has 0 radical (unpaired) electrons. The Labute approximate surface area is 106 Å². The van der Waals surface area contributed by atoms with Gasteiger partial charge in [0, 0.05) is 12.6 Å². The van der Waals surface area contributed by atoms with E-state index in [2.05, 4.69) is 48.1 Å². The Hall–Kier alpha value is -1.58. The topological polar surface area (TPSA) is 24.7 Å². The van der Waals surface area contributed by atoms with Crippen molar-refractivity contribution in [1.29, 1.82) is 0 Å². The third kappa shape index (κ3) is 4.35. The zero-order chi connectivity index (χ0) is 13.6. The number of aryl methyl sites for hydroxylation is 2. The maximum Gasteiger partial charge on any atom is 0.305 e. The molecule has 0 fully saturated rings. The van der Waals surface area contributed by atoms with Gasteiger partial charge in [-0.15, -0.1) is 0 Å². The number of hydrogen-bond acceptors (Lipinski definition) is 2. The smallest absolute Gasteiger partial charge is 0.259 e. The van der Waals surface area contributed by atoms with Crippen LogP contribution in [0, 0.1) is 13.8 Å². The van der Waals surface area contributed by atoms with Gasteiger partial charge in [0.15, 0.2) is 5.84 Å². The predicted octanol–water partition coefficient (Wildman–Crippen LogP) is 3.82. The summed E-state index contributed by atoms with van der Waals surface area (Å²) in [4.78, 5) is 6.98. The summed E-state index contributed by atoms with van der Waals surface area (Å²) in [5.74, 6) is -3.15. The molecule has 1 heterocycles. The van der Waals surface area contributed by atoms with E-state index in [0.717, 1.165) is 0 Å². The summed E-state index contributed by atoms with van der Waals surface area (Å²) in [5.41, 5.74) is 2.66. The lowest BCUT2D eigenvalue weighted by Gasteiger charge is -2.09. The fourth-order valence-corrected chi connectivity index (χ4v) is 1.30. The Morgan fingerprint density at radius 1 is 1.11 bits per heavy atom. The molecule has 1 aliphatic heterocycles. The number of aliphatic imine (C=N–C) groups is 2. The Morgan fingerprint density at radius 3 is 1.94 bits per heavy atom. The molecule has 0 saturated heterocycles. The maximum absolute atomic E-state index is 12.6. The molecule has 1 aromatic carbocycles. The molecule has 0 atom stereocenters. The molecule has 0 saturated carbocycles. The van der Waals surface area contributed by atoms with Crippen LogP contribution in [0.2, 0.25) is 0 Å². The van der Waals surface area contributed by atoms with Gasteiger partial charge >= 0.3 is 5.92 Å². The summed E-state index contributed by atoms with van der Waals surface area (Å²) in [6.07, 6.45) is 1.15. The van der Waals surface area contributed by atoms with Crippen LogP contribution < -0.4 is 0 Å². The summed E-state index contributed by atoms with van der Waals surface area (Å²) in [6.45, 7) is 5.90. The van der Waals surface area contributed by atoms with E-state index in [1.165, 1.54) is 24.3 Å². The van der Waals surface area contributed by atoms with E-state index < -0.39 is 5.92 Å². The molecule has 0 bridgehead atoms. The lowest BCUT2D eigenvalue weighted by atomic mass is 10.2. The van der Waals surface area contributed by atoms with Gasteiger partial charge in [0.05, 0.1) is 6.54 Å². The van der Waals surface area contributed by atoms with Crippen molar-refractivity contribution in [2.45, 2.75) is 33.1 Å². The van der Waals surface area contributed by atoms with Crippen molar-refractivity contribution in [2.75, 3.05) is 6.54 Å². The van der Waals surface area contributed by atoms with Gasteiger partial charge in [0.2, 0.25) is 0 Å². The van der Waals surface area contributed by atoms with Crippen molar-refractivity contribution in [2.24, 2.45) is 9.98 Å². The second-order valence-electron chi connectivity index (χ2n) is 4.19. The average Bonchev–Trinajstić information content (AvgIpc) is 2.88. The van der Waals surface area contributed by atoms with E-state index in [9.17, 15) is 8.78 Å². The maximum atomic E-state index is 12.6. The van der Waals surface area contributed by atoms with E-state index in [-0.39, 0.29) is 12.3 Å². The van der Waals surface area contributed by atoms with Gasteiger partial charge in [-0.05, 0) is 13.8 Å². The summed E-state index contributed by atoms with van der Waals surface area (Å²) in [6, 6.07) is 8.48. The predicted molar refractivity (Wildman–Crippen MR) is 71.9 cm³/mol. The number of hydrogen-bond donors (Lipinski definition) is 0. The Balaban J connectivity index is 0.000000184. The number of benzene rings is 1. The highest BCUT2D eigenvalue weighted by Crippen LogP contribution is 2.21. The molecule has 0 aliphatic carbocycles. The molecule has 2 rings (SSSR count). The average molecular weight is 252 g/mol. The minimum atomic E-state index is -2.83. The summed E-state index contributed by atoms with van der Waals surface area (Å²) >= 11 is 0. The second kappa shape index (κ2) is 6.38. The molecular weight excluding hydrogens is 234 g/mol. The number of halogens is 2. The van der Waals surface area contributed by atoms with Gasteiger partial charge in [-0.3, -0.25) is 4.99 Å². The zero-order valence-electron chi connectivity index (χ0n) is 11.0. The number of rotatable bonds is 2. The Kier molecular flexibility index (Phi) is 5.13. The first-order valence-corrected chi connectivity index (χ1v) is 5.94. The van der Waals surface area contributed by atoms with Gasteiger partial charge in [-0.25, -0.2) is 4.99 Å². The van der Waals surface area contributed by atoms with Crippen LogP contribution in [-0.4, -0.2) is 24.5 Å². The lowest BCUT2D eigenvalue weighted by molar-refractivity contribution is 0.0727. The standard InChI is InChI=1S/C8H10.C6H8F2N2/c1-7-3-5-8(2)6-4-7;1-2-6(7,8)5-9-3-4-10-5/h3-6H,1-2H3;3H,2,4H2,1H3. The summed E-state index contributed by atoms with van der Waals surface area (Å²) in [7, 11) is 0. The fourth-order valence-electron chi connectivity index (χ4n) is 1.30. The molecular formula is C14H18F2N2. The van der Waals surface area contributed by atoms with E-state index in [1.807, 2.05) is 0 Å². The molecule has 0 unspecified atom stereocenters. The van der Waals surface area contributed by atoms with Crippen LogP contribution in [0.15, 0.2) is 34.3 Å². The first-order valence-electron chi connectivity index (χ1n) is 5.94. The van der Waals surface area contributed by atoms with Gasteiger partial charge in [-0.2, -0.15) is 8.78 Å². The Bertz CT molecular complexity index is 413. The van der Waals surface area contributed by atoms with Crippen molar-refractivity contribution >= 4 is 12.1 Å². The van der Waals surface area contributed by atoms with Crippen LogP contribution in [-0.2, 0) is 0 Å². The quantitative estimate of drug-likeness (QED) is 0.764. The van der Waals surface area contributed by atoms with Gasteiger partial charge in [0.25, 0.3) is 0 Å². The molecule has 0 spiro atoms. The highest BCUT2D eigenvalue weighted by Gasteiger charge is 2.34. The lowest BCUT2D eigenvalue weighted by Crippen LogP contribution is -2.24. The van der Waals surface area contributed by atoms with Crippen LogP contribution in [0.25, 0.3) is 0 Å². The molecule has 0 N–H and O–H groups in total. The third-order valence-corrected chi connectivity index (χ3v) is 2.53. The largest absolute Gasteiger partial charge is 0.305 e. The second-order valence-corrected chi connectivity index (χ2v) is 4.19. The molecule has 4 heteroatoms. The minimum absolute atomic E-state index is 0.233.